The molecular formula is C15H26N4OS. The van der Waals surface area contributed by atoms with Crippen LogP contribution in [0.2, 0.25) is 0 Å². The maximum absolute atomic E-state index is 12.3. The van der Waals surface area contributed by atoms with E-state index in [2.05, 4.69) is 17.2 Å². The molecule has 1 amide bonds. The number of aromatic nitrogens is 3. The Hall–Kier alpha value is -1.04. The first-order valence-corrected chi connectivity index (χ1v) is 8.81. The van der Waals surface area contributed by atoms with Gasteiger partial charge in [-0.05, 0) is 25.2 Å². The number of aryl methyl sites for hydroxylation is 1. The Balaban J connectivity index is 1.70. The summed E-state index contributed by atoms with van der Waals surface area (Å²) in [5, 5.41) is 8.80. The first-order chi connectivity index (χ1) is 10.1. The topological polar surface area (TPSA) is 51.0 Å². The molecule has 2 rings (SSSR count). The molecule has 1 heterocycles. The van der Waals surface area contributed by atoms with E-state index in [4.69, 9.17) is 0 Å². The Morgan fingerprint density at radius 3 is 2.90 bits per heavy atom. The molecule has 2 atom stereocenters. The third kappa shape index (κ3) is 4.46. The third-order valence-corrected chi connectivity index (χ3v) is 5.57. The van der Waals surface area contributed by atoms with Crippen LogP contribution in [-0.2, 0) is 11.8 Å². The molecule has 1 aromatic rings. The van der Waals surface area contributed by atoms with E-state index >= 15 is 0 Å². The second kappa shape index (κ2) is 7.82. The van der Waals surface area contributed by atoms with Crippen LogP contribution in [-0.4, -0.2) is 44.6 Å². The van der Waals surface area contributed by atoms with Crippen molar-refractivity contribution in [3.63, 3.8) is 0 Å². The highest BCUT2D eigenvalue weighted by Crippen LogP contribution is 2.28. The number of hydrogen-bond donors (Lipinski definition) is 0. The van der Waals surface area contributed by atoms with E-state index in [0.29, 0.717) is 18.4 Å². The molecule has 0 radical (unpaired) electrons. The van der Waals surface area contributed by atoms with Gasteiger partial charge in [0.15, 0.2) is 0 Å². The second-order valence-corrected chi connectivity index (χ2v) is 7.10. The van der Waals surface area contributed by atoms with Crippen LogP contribution in [0.5, 0.6) is 0 Å². The van der Waals surface area contributed by atoms with Crippen LogP contribution in [0.3, 0.4) is 0 Å². The minimum absolute atomic E-state index is 0.289. The molecule has 1 fully saturated rings. The molecule has 0 aromatic carbocycles. The number of hydrogen-bond acceptors (Lipinski definition) is 4. The highest BCUT2D eigenvalue weighted by molar-refractivity contribution is 7.99. The molecule has 0 spiro atoms. The van der Waals surface area contributed by atoms with E-state index in [1.165, 1.54) is 25.7 Å². The summed E-state index contributed by atoms with van der Waals surface area (Å²) in [5.74, 6) is 1.86. The van der Waals surface area contributed by atoms with Crippen LogP contribution in [0.25, 0.3) is 0 Å². The molecule has 0 aliphatic heterocycles. The lowest BCUT2D eigenvalue weighted by Crippen LogP contribution is -2.42. The summed E-state index contributed by atoms with van der Waals surface area (Å²) < 4.78 is 1.77. The van der Waals surface area contributed by atoms with E-state index in [0.717, 1.165) is 17.2 Å². The van der Waals surface area contributed by atoms with Gasteiger partial charge in [-0.1, -0.05) is 25.0 Å². The number of nitrogens with zero attached hydrogens (tertiary/aromatic N) is 4. The average Bonchev–Trinajstić information content (AvgIpc) is 2.88. The van der Waals surface area contributed by atoms with Crippen molar-refractivity contribution in [1.82, 2.24) is 19.9 Å². The quantitative estimate of drug-likeness (QED) is 0.599. The van der Waals surface area contributed by atoms with Crippen LogP contribution in [0.15, 0.2) is 11.2 Å². The van der Waals surface area contributed by atoms with Gasteiger partial charge in [0.25, 0.3) is 0 Å². The van der Waals surface area contributed by atoms with Crippen molar-refractivity contribution in [1.29, 1.82) is 0 Å². The van der Waals surface area contributed by atoms with E-state index in [-0.39, 0.29) is 5.91 Å². The molecule has 1 aromatic heterocycles. The SMILES string of the molecule is CC1CCCCC1N(C)C(=O)CCCSc1cnnn1C. The van der Waals surface area contributed by atoms with Crippen molar-refractivity contribution in [2.45, 2.75) is 56.5 Å². The number of carbonyl (C=O) groups is 1. The largest absolute Gasteiger partial charge is 0.343 e. The zero-order valence-corrected chi connectivity index (χ0v) is 14.1. The summed E-state index contributed by atoms with van der Waals surface area (Å²) in [6.45, 7) is 2.28. The predicted octanol–water partition coefficient (Wildman–Crippen LogP) is 2.72. The maximum Gasteiger partial charge on any atom is 0.222 e. The first-order valence-electron chi connectivity index (χ1n) is 7.82. The molecule has 0 N–H and O–H groups in total. The van der Waals surface area contributed by atoms with Crippen molar-refractivity contribution in [2.75, 3.05) is 12.8 Å². The van der Waals surface area contributed by atoms with Crippen molar-refractivity contribution in [2.24, 2.45) is 13.0 Å². The van der Waals surface area contributed by atoms with Gasteiger partial charge in [0.1, 0.15) is 5.03 Å². The Morgan fingerprint density at radius 2 is 2.24 bits per heavy atom. The average molecular weight is 310 g/mol. The lowest BCUT2D eigenvalue weighted by Gasteiger charge is -2.36. The van der Waals surface area contributed by atoms with Crippen molar-refractivity contribution in [3.8, 4) is 0 Å². The van der Waals surface area contributed by atoms with Crippen molar-refractivity contribution < 1.29 is 4.79 Å². The lowest BCUT2D eigenvalue weighted by molar-refractivity contribution is -0.133. The van der Waals surface area contributed by atoms with E-state index in [1.54, 1.807) is 22.6 Å². The fraction of sp³-hybridized carbons (Fsp3) is 0.800. The first kappa shape index (κ1) is 16.3. The van der Waals surface area contributed by atoms with Crippen LogP contribution >= 0.6 is 11.8 Å². The van der Waals surface area contributed by atoms with Crippen LogP contribution in [0.4, 0.5) is 0 Å². The standard InChI is InChI=1S/C15H26N4OS/c1-12-7-4-5-8-13(12)18(2)14(20)9-6-10-21-15-11-16-17-19(15)3/h11-13H,4-10H2,1-3H3. The van der Waals surface area contributed by atoms with Crippen LogP contribution in [0, 0.1) is 5.92 Å². The van der Waals surface area contributed by atoms with Gasteiger partial charge in [0, 0.05) is 32.3 Å². The molecule has 1 aliphatic rings. The fourth-order valence-electron chi connectivity index (χ4n) is 3.04. The molecule has 1 saturated carbocycles. The summed E-state index contributed by atoms with van der Waals surface area (Å²) in [6, 6.07) is 0.445. The van der Waals surface area contributed by atoms with E-state index < -0.39 is 0 Å². The van der Waals surface area contributed by atoms with Crippen LogP contribution < -0.4 is 0 Å². The lowest BCUT2D eigenvalue weighted by atomic mass is 9.85. The number of thioether (sulfide) groups is 1. The van der Waals surface area contributed by atoms with Gasteiger partial charge in [0.2, 0.25) is 5.91 Å². The van der Waals surface area contributed by atoms with E-state index in [9.17, 15) is 4.79 Å². The van der Waals surface area contributed by atoms with Gasteiger partial charge in [0.05, 0.1) is 6.20 Å². The number of amides is 1. The molecule has 6 heteroatoms. The predicted molar refractivity (Wildman–Crippen MR) is 85.2 cm³/mol. The van der Waals surface area contributed by atoms with Crippen molar-refractivity contribution >= 4 is 17.7 Å². The highest BCUT2D eigenvalue weighted by atomic mass is 32.2. The molecule has 118 valence electrons. The number of rotatable bonds is 6. The number of carbonyl (C=O) groups excluding carboxylic acids is 1. The molecule has 21 heavy (non-hydrogen) atoms. The monoisotopic (exact) mass is 310 g/mol. The normalized spacial score (nSPS) is 22.2. The van der Waals surface area contributed by atoms with Gasteiger partial charge < -0.3 is 4.90 Å². The molecule has 2 unspecified atom stereocenters. The summed E-state index contributed by atoms with van der Waals surface area (Å²) in [4.78, 5) is 14.3. The highest BCUT2D eigenvalue weighted by Gasteiger charge is 2.27. The molecule has 5 nitrogen and oxygen atoms in total. The maximum atomic E-state index is 12.3. The van der Waals surface area contributed by atoms with Gasteiger partial charge >= 0.3 is 0 Å². The smallest absolute Gasteiger partial charge is 0.222 e. The van der Waals surface area contributed by atoms with Crippen molar-refractivity contribution in [3.05, 3.63) is 6.20 Å². The molecular weight excluding hydrogens is 284 g/mol. The Kier molecular flexibility index (Phi) is 6.08. The van der Waals surface area contributed by atoms with E-state index in [1.807, 2.05) is 19.0 Å². The van der Waals surface area contributed by atoms with Gasteiger partial charge in [-0.25, -0.2) is 4.68 Å². The van der Waals surface area contributed by atoms with Gasteiger partial charge in [-0.15, -0.1) is 16.9 Å². The fourth-order valence-corrected chi connectivity index (χ4v) is 3.89. The van der Waals surface area contributed by atoms with Gasteiger partial charge in [-0.3, -0.25) is 4.79 Å². The Morgan fingerprint density at radius 1 is 1.48 bits per heavy atom. The molecule has 0 saturated heterocycles. The Bertz CT molecular complexity index is 462. The van der Waals surface area contributed by atoms with Gasteiger partial charge in [-0.2, -0.15) is 0 Å². The summed E-state index contributed by atoms with van der Waals surface area (Å²) in [7, 11) is 3.87. The molecule has 0 bridgehead atoms. The summed E-state index contributed by atoms with van der Waals surface area (Å²) >= 11 is 1.71. The second-order valence-electron chi connectivity index (χ2n) is 5.98. The minimum Gasteiger partial charge on any atom is -0.343 e. The zero-order valence-electron chi connectivity index (χ0n) is 13.3. The van der Waals surface area contributed by atoms with Crippen LogP contribution in [0.1, 0.15) is 45.4 Å². The summed E-state index contributed by atoms with van der Waals surface area (Å²) in [5.41, 5.74) is 0. The Labute approximate surface area is 131 Å². The molecule has 1 aliphatic carbocycles. The third-order valence-electron chi connectivity index (χ3n) is 4.41. The summed E-state index contributed by atoms with van der Waals surface area (Å²) in [6.07, 6.45) is 8.30. The minimum atomic E-state index is 0.289. The zero-order chi connectivity index (χ0) is 15.2.